The lowest BCUT2D eigenvalue weighted by Crippen LogP contribution is -2.37. The summed E-state index contributed by atoms with van der Waals surface area (Å²) in [5, 5.41) is 3.45. The molecule has 5 heteroatoms. The smallest absolute Gasteiger partial charge is 0.166 e. The zero-order chi connectivity index (χ0) is 22.5. The first-order valence-corrected chi connectivity index (χ1v) is 11.4. The summed E-state index contributed by atoms with van der Waals surface area (Å²) in [5.41, 5.74) is 4.34. The van der Waals surface area contributed by atoms with Gasteiger partial charge in [-0.2, -0.15) is 0 Å². The van der Waals surface area contributed by atoms with E-state index in [-0.39, 0.29) is 0 Å². The van der Waals surface area contributed by atoms with Gasteiger partial charge in [-0.3, -0.25) is 4.57 Å². The summed E-state index contributed by atoms with van der Waals surface area (Å²) < 4.78 is 2.19. The second-order valence-electron chi connectivity index (χ2n) is 8.10. The summed E-state index contributed by atoms with van der Waals surface area (Å²) in [6.07, 6.45) is 5.72. The van der Waals surface area contributed by atoms with E-state index < -0.39 is 5.54 Å². The molecule has 0 amide bonds. The number of aromatic nitrogens is 4. The molecule has 2 heterocycles. The number of anilines is 1. The van der Waals surface area contributed by atoms with Crippen molar-refractivity contribution in [2.45, 2.75) is 25.3 Å². The molecule has 0 atom stereocenters. The first kappa shape index (κ1) is 20.9. The number of nitrogens with zero attached hydrogens (tertiary/aromatic N) is 4. The van der Waals surface area contributed by atoms with Crippen molar-refractivity contribution in [1.29, 1.82) is 0 Å². The molecule has 0 aliphatic heterocycles. The van der Waals surface area contributed by atoms with Gasteiger partial charge in [0.25, 0.3) is 0 Å². The van der Waals surface area contributed by atoms with Gasteiger partial charge in [0.05, 0.1) is 6.33 Å². The molecule has 1 N–H and O–H groups in total. The van der Waals surface area contributed by atoms with Crippen molar-refractivity contribution in [3.8, 4) is 0 Å². The van der Waals surface area contributed by atoms with Crippen LogP contribution in [0.4, 0.5) is 5.82 Å². The summed E-state index contributed by atoms with van der Waals surface area (Å²) in [6.45, 7) is 3.04. The number of rotatable bonds is 8. The molecule has 0 fully saturated rings. The second kappa shape index (κ2) is 9.25. The maximum atomic E-state index is 4.82. The van der Waals surface area contributed by atoms with Crippen LogP contribution in [0.3, 0.4) is 0 Å². The first-order valence-electron chi connectivity index (χ1n) is 11.4. The summed E-state index contributed by atoms with van der Waals surface area (Å²) in [7, 11) is 0. The predicted molar refractivity (Wildman–Crippen MR) is 133 cm³/mol. The third-order valence-electron chi connectivity index (χ3n) is 6.09. The van der Waals surface area contributed by atoms with Crippen LogP contribution in [0.1, 0.15) is 36.5 Å². The molecule has 5 nitrogen and oxygen atoms in total. The topological polar surface area (TPSA) is 55.6 Å². The van der Waals surface area contributed by atoms with E-state index >= 15 is 0 Å². The van der Waals surface area contributed by atoms with E-state index in [1.165, 1.54) is 0 Å². The molecule has 0 unspecified atom stereocenters. The van der Waals surface area contributed by atoms with Gasteiger partial charge in [0.15, 0.2) is 11.5 Å². The van der Waals surface area contributed by atoms with Crippen molar-refractivity contribution < 1.29 is 0 Å². The maximum Gasteiger partial charge on any atom is 0.166 e. The van der Waals surface area contributed by atoms with Crippen LogP contribution in [0.15, 0.2) is 104 Å². The third-order valence-corrected chi connectivity index (χ3v) is 6.09. The van der Waals surface area contributed by atoms with Gasteiger partial charge in [0.2, 0.25) is 0 Å². The minimum Gasteiger partial charge on any atom is -0.368 e. The zero-order valence-corrected chi connectivity index (χ0v) is 18.7. The van der Waals surface area contributed by atoms with E-state index in [0.29, 0.717) is 0 Å². The van der Waals surface area contributed by atoms with Crippen LogP contribution < -0.4 is 5.32 Å². The Labute approximate surface area is 194 Å². The molecule has 0 radical (unpaired) electrons. The Hall–Kier alpha value is -3.99. The second-order valence-corrected chi connectivity index (χ2v) is 8.10. The summed E-state index contributed by atoms with van der Waals surface area (Å²) in [4.78, 5) is 14.0. The third kappa shape index (κ3) is 3.65. The Kier molecular flexibility index (Phi) is 5.85. The highest BCUT2D eigenvalue weighted by Crippen LogP contribution is 2.42. The van der Waals surface area contributed by atoms with Crippen LogP contribution in [0.5, 0.6) is 0 Å². The Morgan fingerprint density at radius 3 is 1.79 bits per heavy atom. The molecule has 33 heavy (non-hydrogen) atoms. The molecule has 0 bridgehead atoms. The average molecular weight is 434 g/mol. The van der Waals surface area contributed by atoms with Gasteiger partial charge in [0.1, 0.15) is 17.4 Å². The van der Waals surface area contributed by atoms with Gasteiger partial charge in [0, 0.05) is 6.54 Å². The normalized spacial score (nSPS) is 11.5. The zero-order valence-electron chi connectivity index (χ0n) is 18.7. The Morgan fingerprint density at radius 2 is 1.27 bits per heavy atom. The van der Waals surface area contributed by atoms with Crippen LogP contribution in [-0.4, -0.2) is 26.1 Å². The van der Waals surface area contributed by atoms with E-state index in [9.17, 15) is 0 Å². The highest BCUT2D eigenvalue weighted by atomic mass is 15.2. The summed E-state index contributed by atoms with van der Waals surface area (Å²) in [5.74, 6) is 0.773. The van der Waals surface area contributed by atoms with Gasteiger partial charge in [-0.1, -0.05) is 104 Å². The molecule has 0 aliphatic rings. The molecule has 5 rings (SSSR count). The Morgan fingerprint density at radius 1 is 0.727 bits per heavy atom. The minimum atomic E-state index is -0.645. The number of hydrogen-bond donors (Lipinski definition) is 1. The number of nitrogens with one attached hydrogen (secondary N) is 1. The molecule has 3 aromatic carbocycles. The molecule has 0 saturated carbocycles. The number of fused-ring (bicyclic) bond motifs is 1. The van der Waals surface area contributed by atoms with Crippen molar-refractivity contribution in [3.63, 3.8) is 0 Å². The van der Waals surface area contributed by atoms with Gasteiger partial charge in [-0.25, -0.2) is 15.0 Å². The van der Waals surface area contributed by atoms with Gasteiger partial charge >= 0.3 is 0 Å². The fourth-order valence-corrected chi connectivity index (χ4v) is 4.55. The Balaban J connectivity index is 1.83. The van der Waals surface area contributed by atoms with Crippen LogP contribution in [0.25, 0.3) is 11.2 Å². The quantitative estimate of drug-likeness (QED) is 0.245. The van der Waals surface area contributed by atoms with Gasteiger partial charge < -0.3 is 5.32 Å². The highest BCUT2D eigenvalue weighted by Gasteiger charge is 2.39. The molecule has 5 aromatic rings. The van der Waals surface area contributed by atoms with E-state index in [2.05, 4.69) is 94.6 Å². The molecule has 0 spiro atoms. The minimum absolute atomic E-state index is 0.645. The predicted octanol–water partition coefficient (Wildman–Crippen LogP) is 5.88. The van der Waals surface area contributed by atoms with Gasteiger partial charge in [-0.15, -0.1) is 0 Å². The van der Waals surface area contributed by atoms with Crippen molar-refractivity contribution in [2.75, 3.05) is 11.9 Å². The largest absolute Gasteiger partial charge is 0.368 e. The van der Waals surface area contributed by atoms with E-state index in [0.717, 1.165) is 53.1 Å². The number of benzene rings is 3. The van der Waals surface area contributed by atoms with Crippen LogP contribution in [-0.2, 0) is 5.54 Å². The summed E-state index contributed by atoms with van der Waals surface area (Å²) >= 11 is 0. The monoisotopic (exact) mass is 433 g/mol. The number of imidazole rings is 1. The molecule has 2 aromatic heterocycles. The van der Waals surface area contributed by atoms with Crippen molar-refractivity contribution in [2.24, 2.45) is 0 Å². The van der Waals surface area contributed by atoms with E-state index in [1.54, 1.807) is 6.33 Å². The van der Waals surface area contributed by atoms with Crippen molar-refractivity contribution in [1.82, 2.24) is 19.5 Å². The number of hydrogen-bond acceptors (Lipinski definition) is 4. The van der Waals surface area contributed by atoms with Gasteiger partial charge in [-0.05, 0) is 23.1 Å². The van der Waals surface area contributed by atoms with E-state index in [1.807, 2.05) is 24.5 Å². The Bertz CT molecular complexity index is 1220. The average Bonchev–Trinajstić information content (AvgIpc) is 3.32. The highest BCUT2D eigenvalue weighted by molar-refractivity contribution is 5.83. The fourth-order valence-electron chi connectivity index (χ4n) is 4.55. The molecule has 0 aliphatic carbocycles. The lowest BCUT2D eigenvalue weighted by atomic mass is 9.76. The fraction of sp³-hybridized carbons (Fsp3) is 0.179. The first-order chi connectivity index (χ1) is 16.4. The number of unbranched alkanes of at least 4 members (excludes halogenated alkanes) is 1. The maximum absolute atomic E-state index is 4.82. The van der Waals surface area contributed by atoms with Crippen LogP contribution in [0, 0.1) is 0 Å². The standard InChI is InChI=1S/C28H27N5/c1-2-3-19-29-26-25-27(31-20-30-26)33(21-32-25)28(22-13-7-4-8-14-22,23-15-9-5-10-16-23)24-17-11-6-12-18-24/h4-18,20-21H,2-3,19H2,1H3,(H,29,30,31). The van der Waals surface area contributed by atoms with E-state index in [4.69, 9.17) is 9.97 Å². The molecule has 164 valence electrons. The van der Waals surface area contributed by atoms with Crippen LogP contribution >= 0.6 is 0 Å². The lowest BCUT2D eigenvalue weighted by Gasteiger charge is -2.37. The lowest BCUT2D eigenvalue weighted by molar-refractivity contribution is 0.526. The van der Waals surface area contributed by atoms with Crippen LogP contribution in [0.2, 0.25) is 0 Å². The molecular formula is C28H27N5. The van der Waals surface area contributed by atoms with Crippen molar-refractivity contribution >= 4 is 17.0 Å². The van der Waals surface area contributed by atoms with Crippen molar-refractivity contribution in [3.05, 3.63) is 120 Å². The summed E-state index contributed by atoms with van der Waals surface area (Å²) in [6, 6.07) is 31.7. The molecular weight excluding hydrogens is 406 g/mol. The molecule has 0 saturated heterocycles. The SMILES string of the molecule is CCCCNc1ncnc2c1ncn2C(c1ccccc1)(c1ccccc1)c1ccccc1.